The Hall–Kier alpha value is -1.82. The van der Waals surface area contributed by atoms with Gasteiger partial charge in [-0.1, -0.05) is 60.7 Å². The lowest BCUT2D eigenvalue weighted by Gasteiger charge is -2.05. The summed E-state index contributed by atoms with van der Waals surface area (Å²) < 4.78 is 0. The van der Waals surface area contributed by atoms with Crippen LogP contribution in [-0.4, -0.2) is 0 Å². The smallest absolute Gasteiger partial charge is 0.0198 e. The molecule has 0 bridgehead atoms. The number of rotatable bonds is 2. The van der Waals surface area contributed by atoms with Crippen LogP contribution in [0, 0.1) is 6.92 Å². The van der Waals surface area contributed by atoms with E-state index in [1.807, 2.05) is 6.07 Å². The molecule has 0 aliphatic rings. The molecule has 0 aliphatic heterocycles. The Morgan fingerprint density at radius 2 is 1.50 bits per heavy atom. The Balaban J connectivity index is 2.36. The maximum Gasteiger partial charge on any atom is -0.0198 e. The van der Waals surface area contributed by atoms with Gasteiger partial charge in [0.2, 0.25) is 0 Å². The Morgan fingerprint density at radius 1 is 0.875 bits per heavy atom. The van der Waals surface area contributed by atoms with E-state index in [9.17, 15) is 0 Å². The molecule has 0 unspecified atom stereocenters. The van der Waals surface area contributed by atoms with E-state index in [0.717, 1.165) is 0 Å². The second-order valence-corrected chi connectivity index (χ2v) is 4.05. The predicted octanol–water partition coefficient (Wildman–Crippen LogP) is 4.56. The summed E-state index contributed by atoms with van der Waals surface area (Å²) in [4.78, 5) is 0. The monoisotopic (exact) mass is 208 g/mol. The van der Waals surface area contributed by atoms with Gasteiger partial charge in [0.1, 0.15) is 0 Å². The van der Waals surface area contributed by atoms with Crippen LogP contribution in [0.3, 0.4) is 0 Å². The highest BCUT2D eigenvalue weighted by Gasteiger charge is 1.98. The van der Waals surface area contributed by atoms with Crippen molar-refractivity contribution in [2.24, 2.45) is 0 Å². The lowest BCUT2D eigenvalue weighted by atomic mass is 10.00. The summed E-state index contributed by atoms with van der Waals surface area (Å²) in [5, 5.41) is 0. The number of allylic oxidation sites excluding steroid dienone is 1. The van der Waals surface area contributed by atoms with Gasteiger partial charge in [-0.05, 0) is 36.1 Å². The zero-order chi connectivity index (χ0) is 11.4. The van der Waals surface area contributed by atoms with Crippen molar-refractivity contribution in [3.05, 3.63) is 71.3 Å². The van der Waals surface area contributed by atoms with Crippen LogP contribution in [0.2, 0.25) is 0 Å². The van der Waals surface area contributed by atoms with Crippen LogP contribution in [0.1, 0.15) is 23.6 Å². The molecule has 0 saturated heterocycles. The molecule has 0 fully saturated rings. The third-order valence-electron chi connectivity index (χ3n) is 2.75. The fraction of sp³-hybridized carbons (Fsp3) is 0.125. The van der Waals surface area contributed by atoms with E-state index < -0.39 is 0 Å². The van der Waals surface area contributed by atoms with Crippen molar-refractivity contribution in [3.8, 4) is 0 Å². The van der Waals surface area contributed by atoms with E-state index in [-0.39, 0.29) is 0 Å². The third-order valence-corrected chi connectivity index (χ3v) is 2.75. The summed E-state index contributed by atoms with van der Waals surface area (Å²) in [5.74, 6) is 0. The topological polar surface area (TPSA) is 0 Å². The number of aryl methyl sites for hydroxylation is 1. The summed E-state index contributed by atoms with van der Waals surface area (Å²) in [6.07, 6.45) is 2.22. The fourth-order valence-corrected chi connectivity index (χ4v) is 1.89. The maximum absolute atomic E-state index is 2.22. The average Bonchev–Trinajstić information content (AvgIpc) is 2.31. The van der Waals surface area contributed by atoms with E-state index in [2.05, 4.69) is 68.5 Å². The minimum atomic E-state index is 1.25. The van der Waals surface area contributed by atoms with Crippen LogP contribution in [0.5, 0.6) is 0 Å². The molecule has 0 spiro atoms. The molecule has 2 aromatic carbocycles. The van der Waals surface area contributed by atoms with Crippen molar-refractivity contribution in [1.29, 1.82) is 0 Å². The summed E-state index contributed by atoms with van der Waals surface area (Å²) in [7, 11) is 0. The molecule has 0 aromatic heterocycles. The van der Waals surface area contributed by atoms with Gasteiger partial charge in [0.15, 0.2) is 0 Å². The lowest BCUT2D eigenvalue weighted by molar-refractivity contribution is 1.41. The first-order valence-electron chi connectivity index (χ1n) is 5.57. The molecule has 0 amide bonds. The summed E-state index contributed by atoms with van der Waals surface area (Å²) >= 11 is 0. The van der Waals surface area contributed by atoms with Gasteiger partial charge in [-0.2, -0.15) is 0 Å². The lowest BCUT2D eigenvalue weighted by Crippen LogP contribution is -1.84. The molecule has 2 aromatic rings. The van der Waals surface area contributed by atoms with Crippen molar-refractivity contribution in [1.82, 2.24) is 0 Å². The van der Waals surface area contributed by atoms with Crippen molar-refractivity contribution in [2.45, 2.75) is 13.8 Å². The third kappa shape index (κ3) is 2.40. The van der Waals surface area contributed by atoms with Gasteiger partial charge in [0.05, 0.1) is 0 Å². The molecule has 0 N–H and O–H groups in total. The molecule has 80 valence electrons. The van der Waals surface area contributed by atoms with Crippen LogP contribution in [-0.2, 0) is 0 Å². The minimum absolute atomic E-state index is 1.25. The van der Waals surface area contributed by atoms with Crippen LogP contribution < -0.4 is 0 Å². The number of hydrogen-bond donors (Lipinski definition) is 0. The van der Waals surface area contributed by atoms with Crippen LogP contribution >= 0.6 is 0 Å². The maximum atomic E-state index is 2.22. The van der Waals surface area contributed by atoms with Crippen LogP contribution in [0.4, 0.5) is 0 Å². The fourth-order valence-electron chi connectivity index (χ4n) is 1.89. The van der Waals surface area contributed by atoms with Gasteiger partial charge in [-0.15, -0.1) is 0 Å². The SMILES string of the molecule is CC(=Cc1ccccc1)c1ccccc1C. The molecule has 0 heteroatoms. The zero-order valence-corrected chi connectivity index (χ0v) is 9.77. The quantitative estimate of drug-likeness (QED) is 0.635. The Labute approximate surface area is 97.3 Å². The second-order valence-electron chi connectivity index (χ2n) is 4.05. The van der Waals surface area contributed by atoms with E-state index in [1.54, 1.807) is 0 Å². The summed E-state index contributed by atoms with van der Waals surface area (Å²) in [5.41, 5.74) is 5.21. The first-order chi connectivity index (χ1) is 7.77. The Kier molecular flexibility index (Phi) is 3.21. The number of benzene rings is 2. The molecule has 0 atom stereocenters. The highest BCUT2D eigenvalue weighted by atomic mass is 14.0. The molecule has 16 heavy (non-hydrogen) atoms. The van der Waals surface area contributed by atoms with Gasteiger partial charge in [0.25, 0.3) is 0 Å². The average molecular weight is 208 g/mol. The van der Waals surface area contributed by atoms with Gasteiger partial charge in [-0.25, -0.2) is 0 Å². The van der Waals surface area contributed by atoms with Crippen molar-refractivity contribution in [2.75, 3.05) is 0 Å². The van der Waals surface area contributed by atoms with E-state index in [1.165, 1.54) is 22.3 Å². The minimum Gasteiger partial charge on any atom is -0.0622 e. The molecule has 0 aliphatic carbocycles. The molecule has 2 rings (SSSR count). The second kappa shape index (κ2) is 4.80. The first kappa shape index (κ1) is 10.7. The van der Waals surface area contributed by atoms with E-state index in [0.29, 0.717) is 0 Å². The Morgan fingerprint density at radius 3 is 2.19 bits per heavy atom. The highest BCUT2D eigenvalue weighted by Crippen LogP contribution is 2.20. The Bertz CT molecular complexity index is 492. The number of hydrogen-bond acceptors (Lipinski definition) is 0. The van der Waals surface area contributed by atoms with Crippen LogP contribution in [0.15, 0.2) is 54.6 Å². The van der Waals surface area contributed by atoms with Gasteiger partial charge in [0, 0.05) is 0 Å². The van der Waals surface area contributed by atoms with Crippen molar-refractivity contribution in [3.63, 3.8) is 0 Å². The molecule has 0 heterocycles. The standard InChI is InChI=1S/C16H16/c1-13-8-6-7-11-16(13)14(2)12-15-9-4-3-5-10-15/h3-12H,1-2H3. The van der Waals surface area contributed by atoms with Gasteiger partial charge in [-0.3, -0.25) is 0 Å². The summed E-state index contributed by atoms with van der Waals surface area (Å²) in [6, 6.07) is 18.9. The molecule has 0 radical (unpaired) electrons. The molecule has 0 saturated carbocycles. The van der Waals surface area contributed by atoms with E-state index in [4.69, 9.17) is 0 Å². The molecule has 0 nitrogen and oxygen atoms in total. The molecular formula is C16H16. The highest BCUT2D eigenvalue weighted by molar-refractivity contribution is 5.81. The zero-order valence-electron chi connectivity index (χ0n) is 9.77. The predicted molar refractivity (Wildman–Crippen MR) is 71.2 cm³/mol. The van der Waals surface area contributed by atoms with Crippen molar-refractivity contribution < 1.29 is 0 Å². The van der Waals surface area contributed by atoms with Crippen LogP contribution in [0.25, 0.3) is 11.6 Å². The van der Waals surface area contributed by atoms with Gasteiger partial charge >= 0.3 is 0 Å². The molecular weight excluding hydrogens is 192 g/mol. The first-order valence-corrected chi connectivity index (χ1v) is 5.57. The van der Waals surface area contributed by atoms with E-state index >= 15 is 0 Å². The van der Waals surface area contributed by atoms with Gasteiger partial charge < -0.3 is 0 Å². The summed E-state index contributed by atoms with van der Waals surface area (Å²) in [6.45, 7) is 4.31. The van der Waals surface area contributed by atoms with Crippen molar-refractivity contribution >= 4 is 11.6 Å². The largest absolute Gasteiger partial charge is 0.0622 e. The normalized spacial score (nSPS) is 11.5.